The number of rotatable bonds is 3. The van der Waals surface area contributed by atoms with Crippen LogP contribution in [0.2, 0.25) is 0 Å². The average Bonchev–Trinajstić information content (AvgIpc) is 3.23. The van der Waals surface area contributed by atoms with E-state index in [0.717, 1.165) is 12.8 Å². The normalized spacial score (nSPS) is 23.2. The molecule has 1 saturated heterocycles. The van der Waals surface area contributed by atoms with Gasteiger partial charge in [-0.2, -0.15) is 0 Å². The monoisotopic (exact) mass is 262 g/mol. The van der Waals surface area contributed by atoms with Gasteiger partial charge in [0.2, 0.25) is 5.91 Å². The maximum absolute atomic E-state index is 12.2. The molecule has 3 rings (SSSR count). The molecular formula is C13H18N4O2. The van der Waals surface area contributed by atoms with Crippen LogP contribution in [0.25, 0.3) is 0 Å². The van der Waals surface area contributed by atoms with Crippen molar-refractivity contribution in [3.8, 4) is 0 Å². The Balaban J connectivity index is 1.80. The van der Waals surface area contributed by atoms with Gasteiger partial charge < -0.3 is 20.7 Å². The van der Waals surface area contributed by atoms with Crippen molar-refractivity contribution in [2.24, 2.45) is 0 Å². The summed E-state index contributed by atoms with van der Waals surface area (Å²) in [5, 5.41) is 3.01. The van der Waals surface area contributed by atoms with Crippen molar-refractivity contribution in [3.05, 3.63) is 18.3 Å². The fourth-order valence-electron chi connectivity index (χ4n) is 2.25. The molecule has 1 aromatic rings. The lowest BCUT2D eigenvalue weighted by Crippen LogP contribution is -2.54. The van der Waals surface area contributed by atoms with Crippen LogP contribution in [0.15, 0.2) is 18.3 Å². The number of nitrogens with two attached hydrogens (primary N) is 1. The van der Waals surface area contributed by atoms with Gasteiger partial charge in [0, 0.05) is 18.8 Å². The van der Waals surface area contributed by atoms with Gasteiger partial charge in [0.15, 0.2) is 5.82 Å². The molecule has 0 spiro atoms. The maximum Gasteiger partial charge on any atom is 0.245 e. The van der Waals surface area contributed by atoms with Crippen molar-refractivity contribution in [1.29, 1.82) is 0 Å². The van der Waals surface area contributed by atoms with Crippen molar-refractivity contribution < 1.29 is 9.53 Å². The Morgan fingerprint density at radius 2 is 2.37 bits per heavy atom. The molecular weight excluding hydrogens is 244 g/mol. The van der Waals surface area contributed by atoms with Gasteiger partial charge >= 0.3 is 0 Å². The summed E-state index contributed by atoms with van der Waals surface area (Å²) < 4.78 is 5.43. The van der Waals surface area contributed by atoms with Gasteiger partial charge in [-0.1, -0.05) is 0 Å². The second kappa shape index (κ2) is 5.05. The Bertz CT molecular complexity index is 475. The SMILES string of the molecule is Nc1cccnc1N1CCOCC1C(=O)NC1CC1. The van der Waals surface area contributed by atoms with E-state index in [0.29, 0.717) is 37.3 Å². The first-order valence-corrected chi connectivity index (χ1v) is 6.61. The van der Waals surface area contributed by atoms with Crippen molar-refractivity contribution >= 4 is 17.4 Å². The van der Waals surface area contributed by atoms with Crippen LogP contribution in [-0.4, -0.2) is 42.7 Å². The van der Waals surface area contributed by atoms with Gasteiger partial charge in [-0.3, -0.25) is 4.79 Å². The molecule has 3 N–H and O–H groups in total. The summed E-state index contributed by atoms with van der Waals surface area (Å²) in [6.07, 6.45) is 3.84. The van der Waals surface area contributed by atoms with E-state index in [-0.39, 0.29) is 11.9 Å². The van der Waals surface area contributed by atoms with Crippen LogP contribution < -0.4 is 16.0 Å². The summed E-state index contributed by atoms with van der Waals surface area (Å²) in [6.45, 7) is 1.60. The molecule has 0 radical (unpaired) electrons. The Hall–Kier alpha value is -1.82. The van der Waals surface area contributed by atoms with E-state index in [2.05, 4.69) is 10.3 Å². The molecule has 1 atom stereocenters. The van der Waals surface area contributed by atoms with Gasteiger partial charge in [-0.15, -0.1) is 0 Å². The highest BCUT2D eigenvalue weighted by Gasteiger charge is 2.34. The molecule has 102 valence electrons. The first-order valence-electron chi connectivity index (χ1n) is 6.61. The van der Waals surface area contributed by atoms with E-state index in [9.17, 15) is 4.79 Å². The number of amides is 1. The number of hydrogen-bond donors (Lipinski definition) is 2. The van der Waals surface area contributed by atoms with E-state index < -0.39 is 0 Å². The number of hydrogen-bond acceptors (Lipinski definition) is 5. The zero-order chi connectivity index (χ0) is 13.2. The molecule has 6 heteroatoms. The van der Waals surface area contributed by atoms with Crippen LogP contribution >= 0.6 is 0 Å². The quantitative estimate of drug-likeness (QED) is 0.810. The second-order valence-electron chi connectivity index (χ2n) is 4.98. The molecule has 1 saturated carbocycles. The summed E-state index contributed by atoms with van der Waals surface area (Å²) in [4.78, 5) is 18.5. The Morgan fingerprint density at radius 3 is 3.11 bits per heavy atom. The minimum atomic E-state index is -0.341. The van der Waals surface area contributed by atoms with Gasteiger partial charge in [0.1, 0.15) is 6.04 Å². The number of nitrogens with zero attached hydrogens (tertiary/aromatic N) is 2. The summed E-state index contributed by atoms with van der Waals surface area (Å²) in [5.74, 6) is 0.675. The molecule has 2 fully saturated rings. The molecule has 0 bridgehead atoms. The Labute approximate surface area is 111 Å². The summed E-state index contributed by atoms with van der Waals surface area (Å²) in [6, 6.07) is 3.59. The molecule has 19 heavy (non-hydrogen) atoms. The largest absolute Gasteiger partial charge is 0.396 e. The molecule has 1 amide bonds. The number of aromatic nitrogens is 1. The summed E-state index contributed by atoms with van der Waals surface area (Å²) in [5.41, 5.74) is 6.54. The standard InChI is InChI=1S/C13H18N4O2/c14-10-2-1-5-15-12(10)17-6-7-19-8-11(17)13(18)16-9-3-4-9/h1-2,5,9,11H,3-4,6-8,14H2,(H,16,18). The zero-order valence-corrected chi connectivity index (χ0v) is 10.7. The lowest BCUT2D eigenvalue weighted by Gasteiger charge is -2.35. The lowest BCUT2D eigenvalue weighted by molar-refractivity contribution is -0.124. The first kappa shape index (κ1) is 12.2. The Kier molecular flexibility index (Phi) is 3.25. The fraction of sp³-hybridized carbons (Fsp3) is 0.538. The Morgan fingerprint density at radius 1 is 1.53 bits per heavy atom. The molecule has 0 aromatic carbocycles. The highest BCUT2D eigenvalue weighted by molar-refractivity contribution is 5.86. The number of pyridine rings is 1. The van der Waals surface area contributed by atoms with E-state index in [4.69, 9.17) is 10.5 Å². The van der Waals surface area contributed by atoms with Gasteiger partial charge in [-0.05, 0) is 25.0 Å². The van der Waals surface area contributed by atoms with Crippen LogP contribution in [0.4, 0.5) is 11.5 Å². The third-order valence-corrected chi connectivity index (χ3v) is 3.44. The minimum absolute atomic E-state index is 0.00672. The molecule has 2 aliphatic rings. The van der Waals surface area contributed by atoms with Crippen molar-refractivity contribution in [2.45, 2.75) is 24.9 Å². The van der Waals surface area contributed by atoms with Crippen LogP contribution in [0.1, 0.15) is 12.8 Å². The first-order chi connectivity index (χ1) is 9.25. The van der Waals surface area contributed by atoms with Gasteiger partial charge in [0.25, 0.3) is 0 Å². The molecule has 1 aliphatic carbocycles. The second-order valence-corrected chi connectivity index (χ2v) is 4.98. The number of nitrogens with one attached hydrogen (secondary N) is 1. The highest BCUT2D eigenvalue weighted by atomic mass is 16.5. The predicted octanol–water partition coefficient (Wildman–Crippen LogP) is 0.148. The maximum atomic E-state index is 12.2. The van der Waals surface area contributed by atoms with E-state index in [1.54, 1.807) is 18.3 Å². The van der Waals surface area contributed by atoms with Gasteiger partial charge in [0.05, 0.1) is 18.9 Å². The molecule has 6 nitrogen and oxygen atoms in total. The van der Waals surface area contributed by atoms with E-state index >= 15 is 0 Å². The summed E-state index contributed by atoms with van der Waals surface area (Å²) in [7, 11) is 0. The smallest absolute Gasteiger partial charge is 0.245 e. The van der Waals surface area contributed by atoms with Crippen LogP contribution in [0.5, 0.6) is 0 Å². The van der Waals surface area contributed by atoms with Crippen molar-refractivity contribution in [2.75, 3.05) is 30.4 Å². The topological polar surface area (TPSA) is 80.5 Å². The molecule has 1 aliphatic heterocycles. The molecule has 2 heterocycles. The van der Waals surface area contributed by atoms with Crippen LogP contribution in [-0.2, 0) is 9.53 Å². The van der Waals surface area contributed by atoms with E-state index in [1.807, 2.05) is 4.90 Å². The number of carbonyl (C=O) groups is 1. The summed E-state index contributed by atoms with van der Waals surface area (Å²) >= 11 is 0. The van der Waals surface area contributed by atoms with E-state index in [1.165, 1.54) is 0 Å². The van der Waals surface area contributed by atoms with Crippen molar-refractivity contribution in [1.82, 2.24) is 10.3 Å². The number of morpholine rings is 1. The fourth-order valence-corrected chi connectivity index (χ4v) is 2.25. The number of anilines is 2. The zero-order valence-electron chi connectivity index (χ0n) is 10.7. The minimum Gasteiger partial charge on any atom is -0.396 e. The number of carbonyl (C=O) groups excluding carboxylic acids is 1. The number of ether oxygens (including phenoxy) is 1. The van der Waals surface area contributed by atoms with Crippen LogP contribution in [0.3, 0.4) is 0 Å². The average molecular weight is 262 g/mol. The predicted molar refractivity (Wildman–Crippen MR) is 71.8 cm³/mol. The molecule has 1 aromatic heterocycles. The van der Waals surface area contributed by atoms with Gasteiger partial charge in [-0.25, -0.2) is 4.98 Å². The number of nitrogen functional groups attached to an aromatic ring is 1. The van der Waals surface area contributed by atoms with Crippen molar-refractivity contribution in [3.63, 3.8) is 0 Å². The third kappa shape index (κ3) is 2.63. The third-order valence-electron chi connectivity index (χ3n) is 3.44. The van der Waals surface area contributed by atoms with Crippen LogP contribution in [0, 0.1) is 0 Å². The lowest BCUT2D eigenvalue weighted by atomic mass is 10.2. The molecule has 1 unspecified atom stereocenters. The highest BCUT2D eigenvalue weighted by Crippen LogP contribution is 2.25.